The predicted octanol–water partition coefficient (Wildman–Crippen LogP) is 2.96. The van der Waals surface area contributed by atoms with Crippen LogP contribution in [0.3, 0.4) is 0 Å². The Kier molecular flexibility index (Phi) is 11.6. The molecule has 0 bridgehead atoms. The third-order valence-corrected chi connectivity index (χ3v) is 5.49. The van der Waals surface area contributed by atoms with E-state index in [1.165, 1.54) is 29.7 Å². The fourth-order valence-corrected chi connectivity index (χ4v) is 2.81. The first-order valence-electron chi connectivity index (χ1n) is 8.83. The van der Waals surface area contributed by atoms with Crippen molar-refractivity contribution in [3.63, 3.8) is 0 Å². The molecule has 0 radical (unpaired) electrons. The largest absolute Gasteiger partial charge is 1.00 e. The summed E-state index contributed by atoms with van der Waals surface area (Å²) in [6, 6.07) is 15.1. The second-order valence-electron chi connectivity index (χ2n) is 6.57. The first-order valence-corrected chi connectivity index (χ1v) is 10.3. The second-order valence-corrected chi connectivity index (χ2v) is 7.99. The van der Waals surface area contributed by atoms with E-state index in [4.69, 9.17) is 4.55 Å². The van der Waals surface area contributed by atoms with Crippen molar-refractivity contribution in [1.82, 2.24) is 0 Å². The van der Waals surface area contributed by atoms with E-state index in [1.54, 1.807) is 12.1 Å². The third-order valence-electron chi connectivity index (χ3n) is 4.62. The SMILES string of the molecule is CCC(C)c1ccc(C)cc1.CCC(C)c1ccc(S(=O)(=O)O)cc1.[Na+]. The van der Waals surface area contributed by atoms with Gasteiger partial charge in [0, 0.05) is 0 Å². The molecule has 0 saturated heterocycles. The van der Waals surface area contributed by atoms with Crippen molar-refractivity contribution in [1.29, 1.82) is 0 Å². The van der Waals surface area contributed by atoms with Crippen LogP contribution in [-0.4, -0.2) is 13.0 Å². The maximum absolute atomic E-state index is 10.7. The van der Waals surface area contributed by atoms with Gasteiger partial charge in [-0.2, -0.15) is 8.42 Å². The van der Waals surface area contributed by atoms with Crippen LogP contribution in [0.5, 0.6) is 0 Å². The molecular weight excluding hydrogens is 355 g/mol. The van der Waals surface area contributed by atoms with Gasteiger partial charge in [-0.15, -0.1) is 0 Å². The van der Waals surface area contributed by atoms with Gasteiger partial charge in [-0.05, 0) is 54.9 Å². The van der Waals surface area contributed by atoms with E-state index in [2.05, 4.69) is 58.9 Å². The number of rotatable bonds is 5. The van der Waals surface area contributed by atoms with Gasteiger partial charge in [0.1, 0.15) is 0 Å². The van der Waals surface area contributed by atoms with Crippen LogP contribution in [0.2, 0.25) is 0 Å². The minimum Gasteiger partial charge on any atom is -0.282 e. The first-order chi connectivity index (χ1) is 11.7. The molecule has 2 rings (SSSR count). The second kappa shape index (κ2) is 11.9. The Morgan fingerprint density at radius 1 is 0.808 bits per heavy atom. The van der Waals surface area contributed by atoms with Gasteiger partial charge in [0.2, 0.25) is 0 Å². The van der Waals surface area contributed by atoms with E-state index < -0.39 is 10.1 Å². The molecule has 2 aromatic rings. The molecule has 2 unspecified atom stereocenters. The van der Waals surface area contributed by atoms with Crippen LogP contribution in [0.25, 0.3) is 0 Å². The van der Waals surface area contributed by atoms with E-state index in [9.17, 15) is 8.42 Å². The van der Waals surface area contributed by atoms with E-state index in [-0.39, 0.29) is 34.5 Å². The summed E-state index contributed by atoms with van der Waals surface area (Å²) >= 11 is 0. The summed E-state index contributed by atoms with van der Waals surface area (Å²) in [5, 5.41) is 0. The zero-order valence-electron chi connectivity index (χ0n) is 16.9. The van der Waals surface area contributed by atoms with Gasteiger partial charge in [0.15, 0.2) is 0 Å². The summed E-state index contributed by atoms with van der Waals surface area (Å²) < 4.78 is 30.2. The number of hydrogen-bond donors (Lipinski definition) is 1. The maximum Gasteiger partial charge on any atom is 1.00 e. The molecule has 0 spiro atoms. The quantitative estimate of drug-likeness (QED) is 0.636. The van der Waals surface area contributed by atoms with Crippen molar-refractivity contribution in [3.8, 4) is 0 Å². The molecule has 0 fully saturated rings. The molecule has 3 nitrogen and oxygen atoms in total. The van der Waals surface area contributed by atoms with Crippen LogP contribution in [0.15, 0.2) is 53.4 Å². The Balaban J connectivity index is 0.000000475. The van der Waals surface area contributed by atoms with Gasteiger partial charge in [0.05, 0.1) is 4.90 Å². The molecule has 0 amide bonds. The zero-order chi connectivity index (χ0) is 19.0. The molecule has 138 valence electrons. The molecule has 0 aliphatic carbocycles. The van der Waals surface area contributed by atoms with Crippen LogP contribution in [0.4, 0.5) is 0 Å². The zero-order valence-corrected chi connectivity index (χ0v) is 19.7. The van der Waals surface area contributed by atoms with Crippen molar-refractivity contribution < 1.29 is 42.5 Å². The van der Waals surface area contributed by atoms with E-state index >= 15 is 0 Å². The minimum absolute atomic E-state index is 0. The Labute approximate surface area is 181 Å². The monoisotopic (exact) mass is 385 g/mol. The summed E-state index contributed by atoms with van der Waals surface area (Å²) in [6.07, 6.45) is 2.23. The normalized spacial score (nSPS) is 13.0. The van der Waals surface area contributed by atoms with Crippen LogP contribution in [0, 0.1) is 6.92 Å². The van der Waals surface area contributed by atoms with Gasteiger partial charge in [0.25, 0.3) is 10.1 Å². The number of hydrogen-bond acceptors (Lipinski definition) is 2. The maximum atomic E-state index is 10.7. The minimum atomic E-state index is -4.05. The standard InChI is InChI=1S/C11H16.C10H14O3S.Na/c1-4-10(3)11-7-5-9(2)6-8-11;1-3-8(2)9-4-6-10(7-5-9)14(11,12)13;/h5-8,10H,4H2,1-3H3;4-8H,3H2,1-2H3,(H,11,12,13);/q;;+1. The molecule has 0 heterocycles. The van der Waals surface area contributed by atoms with Crippen LogP contribution >= 0.6 is 0 Å². The molecule has 0 aromatic heterocycles. The molecule has 2 aromatic carbocycles. The first kappa shape index (κ1) is 25.4. The Morgan fingerprint density at radius 2 is 1.15 bits per heavy atom. The average Bonchev–Trinajstić information content (AvgIpc) is 2.61. The molecule has 1 N–H and O–H groups in total. The van der Waals surface area contributed by atoms with Gasteiger partial charge < -0.3 is 0 Å². The molecule has 26 heavy (non-hydrogen) atoms. The average molecular weight is 386 g/mol. The fourth-order valence-electron chi connectivity index (χ4n) is 2.33. The van der Waals surface area contributed by atoms with Gasteiger partial charge in [-0.25, -0.2) is 0 Å². The predicted molar refractivity (Wildman–Crippen MR) is 105 cm³/mol. The molecule has 0 aliphatic rings. The van der Waals surface area contributed by atoms with Gasteiger partial charge in [-0.1, -0.05) is 69.7 Å². The van der Waals surface area contributed by atoms with Crippen molar-refractivity contribution >= 4 is 10.1 Å². The van der Waals surface area contributed by atoms with Crippen LogP contribution in [-0.2, 0) is 10.1 Å². The van der Waals surface area contributed by atoms with E-state index in [0.717, 1.165) is 12.0 Å². The summed E-state index contributed by atoms with van der Waals surface area (Å²) in [7, 11) is -4.05. The fraction of sp³-hybridized carbons (Fsp3) is 0.429. The van der Waals surface area contributed by atoms with Crippen molar-refractivity contribution in [2.24, 2.45) is 0 Å². The Bertz CT molecular complexity index is 738. The van der Waals surface area contributed by atoms with Crippen molar-refractivity contribution in [3.05, 3.63) is 65.2 Å². The summed E-state index contributed by atoms with van der Waals surface area (Å²) in [6.45, 7) is 10.8. The third kappa shape index (κ3) is 8.36. The Hall–Kier alpha value is -0.650. The van der Waals surface area contributed by atoms with Crippen molar-refractivity contribution in [2.75, 3.05) is 0 Å². The molecule has 0 saturated carbocycles. The topological polar surface area (TPSA) is 54.4 Å². The van der Waals surface area contributed by atoms with Gasteiger partial charge >= 0.3 is 29.6 Å². The molecule has 5 heteroatoms. The number of benzene rings is 2. The molecule has 2 atom stereocenters. The molecule has 0 aliphatic heterocycles. The summed E-state index contributed by atoms with van der Waals surface area (Å²) in [5.41, 5.74) is 3.88. The molecular formula is C21H30NaO3S+. The number of aryl methyl sites for hydroxylation is 1. The van der Waals surface area contributed by atoms with Gasteiger partial charge in [-0.3, -0.25) is 4.55 Å². The van der Waals surface area contributed by atoms with E-state index in [0.29, 0.717) is 11.8 Å². The smallest absolute Gasteiger partial charge is 0.282 e. The summed E-state index contributed by atoms with van der Waals surface area (Å²) in [5.74, 6) is 1.11. The summed E-state index contributed by atoms with van der Waals surface area (Å²) in [4.78, 5) is -0.0513. The van der Waals surface area contributed by atoms with E-state index in [1.807, 2.05) is 0 Å². The van der Waals surface area contributed by atoms with Crippen LogP contribution < -0.4 is 29.6 Å². The van der Waals surface area contributed by atoms with Crippen molar-refractivity contribution in [2.45, 2.75) is 64.2 Å². The van der Waals surface area contributed by atoms with Crippen LogP contribution in [0.1, 0.15) is 69.1 Å². The Morgan fingerprint density at radius 3 is 1.46 bits per heavy atom.